The zero-order valence-electron chi connectivity index (χ0n) is 16.2. The minimum absolute atomic E-state index is 0.0673. The SMILES string of the molecule is CC1(C)C2CCC1(CS(=O)(=O)N(c1ccccc1)c1ccc(Cl)cc1)C(O)C2. The summed E-state index contributed by atoms with van der Waals surface area (Å²) in [7, 11) is -3.74. The Morgan fingerprint density at radius 1 is 1.07 bits per heavy atom. The topological polar surface area (TPSA) is 57.6 Å². The summed E-state index contributed by atoms with van der Waals surface area (Å²) in [6.45, 7) is 4.23. The molecule has 2 saturated carbocycles. The first kappa shape index (κ1) is 19.7. The van der Waals surface area contributed by atoms with E-state index in [1.54, 1.807) is 36.4 Å². The average Bonchev–Trinajstić information content (AvgIpc) is 2.98. The fourth-order valence-corrected chi connectivity index (χ4v) is 7.88. The van der Waals surface area contributed by atoms with Crippen LogP contribution >= 0.6 is 11.6 Å². The van der Waals surface area contributed by atoms with Gasteiger partial charge in [-0.25, -0.2) is 12.7 Å². The third-order valence-corrected chi connectivity index (χ3v) is 9.27. The number of aliphatic hydroxyl groups is 1. The van der Waals surface area contributed by atoms with E-state index in [4.69, 9.17) is 11.6 Å². The molecule has 0 heterocycles. The molecule has 2 aromatic rings. The van der Waals surface area contributed by atoms with Crippen LogP contribution in [0.1, 0.15) is 33.1 Å². The first-order valence-electron chi connectivity index (χ1n) is 9.69. The third-order valence-electron chi connectivity index (χ3n) is 7.16. The van der Waals surface area contributed by atoms with Gasteiger partial charge in [0.05, 0.1) is 23.2 Å². The van der Waals surface area contributed by atoms with Gasteiger partial charge in [-0.15, -0.1) is 0 Å². The van der Waals surface area contributed by atoms with Crippen molar-refractivity contribution in [3.05, 3.63) is 59.6 Å². The average molecular weight is 420 g/mol. The number of rotatable bonds is 5. The standard InChI is InChI=1S/C22H26ClNO3S/c1-21(2)16-12-13-22(21,20(25)14-16)15-28(26,27)24(18-6-4-3-5-7-18)19-10-8-17(23)9-11-19/h3-11,16,20,25H,12-15H2,1-2H3. The number of hydrogen-bond donors (Lipinski definition) is 1. The highest BCUT2D eigenvalue weighted by atomic mass is 35.5. The molecule has 28 heavy (non-hydrogen) atoms. The van der Waals surface area contributed by atoms with Crippen LogP contribution < -0.4 is 4.31 Å². The van der Waals surface area contributed by atoms with Crippen molar-refractivity contribution in [1.82, 2.24) is 0 Å². The van der Waals surface area contributed by atoms with Crippen LogP contribution in [0.25, 0.3) is 0 Å². The van der Waals surface area contributed by atoms with E-state index in [2.05, 4.69) is 13.8 Å². The molecule has 0 aromatic heterocycles. The van der Waals surface area contributed by atoms with Crippen molar-refractivity contribution in [1.29, 1.82) is 0 Å². The fraction of sp³-hybridized carbons (Fsp3) is 0.455. The van der Waals surface area contributed by atoms with Crippen LogP contribution in [0.15, 0.2) is 54.6 Å². The van der Waals surface area contributed by atoms with E-state index in [9.17, 15) is 13.5 Å². The number of para-hydroxylation sites is 1. The van der Waals surface area contributed by atoms with Crippen LogP contribution in [-0.2, 0) is 10.0 Å². The maximum Gasteiger partial charge on any atom is 0.240 e. The number of sulfonamides is 1. The summed E-state index contributed by atoms with van der Waals surface area (Å²) in [5.74, 6) is 0.306. The lowest BCUT2D eigenvalue weighted by Gasteiger charge is -2.41. The van der Waals surface area contributed by atoms with Gasteiger partial charge in [-0.2, -0.15) is 0 Å². The largest absolute Gasteiger partial charge is 0.392 e. The van der Waals surface area contributed by atoms with Crippen molar-refractivity contribution in [2.75, 3.05) is 10.1 Å². The lowest BCUT2D eigenvalue weighted by molar-refractivity contribution is 0.0153. The molecule has 6 heteroatoms. The van der Waals surface area contributed by atoms with Crippen molar-refractivity contribution >= 4 is 33.0 Å². The number of halogens is 1. The number of nitrogens with zero attached hydrogens (tertiary/aromatic N) is 1. The Labute approximate surface area is 172 Å². The Balaban J connectivity index is 1.79. The van der Waals surface area contributed by atoms with Gasteiger partial charge in [0, 0.05) is 10.4 Å². The van der Waals surface area contributed by atoms with Gasteiger partial charge >= 0.3 is 0 Å². The summed E-state index contributed by atoms with van der Waals surface area (Å²) < 4.78 is 28.9. The molecule has 3 atom stereocenters. The van der Waals surface area contributed by atoms with E-state index in [-0.39, 0.29) is 11.2 Å². The van der Waals surface area contributed by atoms with E-state index in [0.717, 1.165) is 12.8 Å². The second kappa shape index (κ2) is 6.75. The van der Waals surface area contributed by atoms with Gasteiger partial charge in [0.15, 0.2) is 0 Å². The smallest absolute Gasteiger partial charge is 0.240 e. The molecule has 0 spiro atoms. The lowest BCUT2D eigenvalue weighted by atomic mass is 9.70. The summed E-state index contributed by atoms with van der Waals surface area (Å²) in [4.78, 5) is 0. The minimum Gasteiger partial charge on any atom is -0.392 e. The van der Waals surface area contributed by atoms with Gasteiger partial charge in [-0.1, -0.05) is 43.6 Å². The van der Waals surface area contributed by atoms with E-state index in [0.29, 0.717) is 28.7 Å². The molecular weight excluding hydrogens is 394 g/mol. The van der Waals surface area contributed by atoms with E-state index < -0.39 is 21.5 Å². The first-order chi connectivity index (χ1) is 13.2. The molecular formula is C22H26ClNO3S. The molecule has 0 amide bonds. The molecule has 2 aliphatic carbocycles. The van der Waals surface area contributed by atoms with Crippen LogP contribution in [0.2, 0.25) is 5.02 Å². The number of anilines is 2. The predicted molar refractivity (Wildman–Crippen MR) is 113 cm³/mol. The number of fused-ring (bicyclic) bond motifs is 2. The van der Waals surface area contributed by atoms with Crippen molar-refractivity contribution < 1.29 is 13.5 Å². The summed E-state index contributed by atoms with van der Waals surface area (Å²) in [5.41, 5.74) is 0.311. The zero-order valence-corrected chi connectivity index (χ0v) is 17.7. The van der Waals surface area contributed by atoms with Crippen molar-refractivity contribution in [3.8, 4) is 0 Å². The Morgan fingerprint density at radius 2 is 1.68 bits per heavy atom. The van der Waals surface area contributed by atoms with Gasteiger partial charge in [-0.3, -0.25) is 0 Å². The van der Waals surface area contributed by atoms with Gasteiger partial charge < -0.3 is 5.11 Å². The maximum absolute atomic E-state index is 13.8. The second-order valence-electron chi connectivity index (χ2n) is 8.70. The molecule has 3 unspecified atom stereocenters. The van der Waals surface area contributed by atoms with Crippen LogP contribution in [0, 0.1) is 16.7 Å². The molecule has 4 rings (SSSR count). The van der Waals surface area contributed by atoms with Crippen molar-refractivity contribution in [2.24, 2.45) is 16.7 Å². The van der Waals surface area contributed by atoms with Crippen LogP contribution in [0.3, 0.4) is 0 Å². The fourth-order valence-electron chi connectivity index (χ4n) is 5.38. The quantitative estimate of drug-likeness (QED) is 0.742. The highest BCUT2D eigenvalue weighted by Gasteiger charge is 2.65. The highest BCUT2D eigenvalue weighted by molar-refractivity contribution is 7.93. The van der Waals surface area contributed by atoms with E-state index >= 15 is 0 Å². The summed E-state index contributed by atoms with van der Waals surface area (Å²) in [5, 5.41) is 11.4. The Hall–Kier alpha value is -1.56. The zero-order chi connectivity index (χ0) is 20.2. The summed E-state index contributed by atoms with van der Waals surface area (Å²) in [6.07, 6.45) is 1.83. The van der Waals surface area contributed by atoms with Crippen molar-refractivity contribution in [3.63, 3.8) is 0 Å². The number of aliphatic hydroxyl groups excluding tert-OH is 1. The molecule has 2 aromatic carbocycles. The summed E-state index contributed by atoms with van der Waals surface area (Å²) >= 11 is 6.02. The van der Waals surface area contributed by atoms with Crippen LogP contribution in [0.4, 0.5) is 11.4 Å². The second-order valence-corrected chi connectivity index (χ2v) is 11.0. The van der Waals surface area contributed by atoms with E-state index in [1.807, 2.05) is 18.2 Å². The van der Waals surface area contributed by atoms with Crippen LogP contribution in [0.5, 0.6) is 0 Å². The molecule has 150 valence electrons. The highest BCUT2D eigenvalue weighted by Crippen LogP contribution is 2.66. The molecule has 0 aliphatic heterocycles. The lowest BCUT2D eigenvalue weighted by Crippen LogP contribution is -2.47. The molecule has 4 nitrogen and oxygen atoms in total. The molecule has 1 N–H and O–H groups in total. The Bertz CT molecular complexity index is 959. The molecule has 2 aliphatic rings. The Kier molecular flexibility index (Phi) is 4.76. The summed E-state index contributed by atoms with van der Waals surface area (Å²) in [6, 6.07) is 15.9. The number of benzene rings is 2. The third kappa shape index (κ3) is 2.95. The first-order valence-corrected chi connectivity index (χ1v) is 11.7. The van der Waals surface area contributed by atoms with Gasteiger partial charge in [0.2, 0.25) is 10.0 Å². The van der Waals surface area contributed by atoms with Crippen LogP contribution in [-0.4, -0.2) is 25.4 Å². The predicted octanol–water partition coefficient (Wildman–Crippen LogP) is 5.00. The van der Waals surface area contributed by atoms with E-state index in [1.165, 1.54) is 4.31 Å². The molecule has 2 fully saturated rings. The molecule has 2 bridgehead atoms. The molecule has 0 saturated heterocycles. The van der Waals surface area contributed by atoms with Gasteiger partial charge in [0.25, 0.3) is 0 Å². The monoisotopic (exact) mass is 419 g/mol. The maximum atomic E-state index is 13.8. The number of hydrogen-bond acceptors (Lipinski definition) is 3. The Morgan fingerprint density at radius 3 is 2.21 bits per heavy atom. The normalized spacial score (nSPS) is 28.4. The van der Waals surface area contributed by atoms with Gasteiger partial charge in [-0.05, 0) is 67.0 Å². The van der Waals surface area contributed by atoms with Crippen molar-refractivity contribution in [2.45, 2.75) is 39.2 Å². The molecule has 0 radical (unpaired) electrons. The van der Waals surface area contributed by atoms with Gasteiger partial charge in [0.1, 0.15) is 0 Å². The minimum atomic E-state index is -3.74.